The van der Waals surface area contributed by atoms with Crippen LogP contribution in [0.25, 0.3) is 0 Å². The maximum Gasteiger partial charge on any atom is 0.306 e. The predicted octanol–water partition coefficient (Wildman–Crippen LogP) is 19.8. The standard InChI is InChI=1S/C62H112O6/c1-4-7-10-13-16-19-22-25-28-29-30-31-32-33-35-37-40-43-46-49-52-55-61(64)67-58-59(57-66-60(63)54-51-48-45-42-39-36-27-24-21-18-15-12-9-6-3)68-62(65)56-53-50-47-44-41-38-34-26-23-20-17-14-11-8-5-2/h22,24-27,29-30,34,59H,4-21,23,28,31-33,35-58H2,1-3H3/b25-22-,27-24-,30-29-,34-26-. The lowest BCUT2D eigenvalue weighted by Gasteiger charge is -2.18. The van der Waals surface area contributed by atoms with E-state index in [1.807, 2.05) is 0 Å². The molecule has 1 atom stereocenters. The Hall–Kier alpha value is -2.63. The van der Waals surface area contributed by atoms with Crippen LogP contribution in [0, 0.1) is 0 Å². The molecule has 0 aliphatic heterocycles. The average Bonchev–Trinajstić information content (AvgIpc) is 3.34. The molecule has 0 saturated heterocycles. The van der Waals surface area contributed by atoms with E-state index in [2.05, 4.69) is 69.4 Å². The van der Waals surface area contributed by atoms with Gasteiger partial charge >= 0.3 is 17.9 Å². The lowest BCUT2D eigenvalue weighted by atomic mass is 10.1. The number of hydrogen-bond acceptors (Lipinski definition) is 6. The normalized spacial score (nSPS) is 12.3. The van der Waals surface area contributed by atoms with Gasteiger partial charge in [0.25, 0.3) is 0 Å². The van der Waals surface area contributed by atoms with Gasteiger partial charge in [-0.25, -0.2) is 0 Å². The van der Waals surface area contributed by atoms with Crippen LogP contribution >= 0.6 is 0 Å². The summed E-state index contributed by atoms with van der Waals surface area (Å²) in [5, 5.41) is 0. The van der Waals surface area contributed by atoms with Crippen LogP contribution in [0.1, 0.15) is 310 Å². The molecule has 0 amide bonds. The number of esters is 3. The molecule has 0 aromatic heterocycles. The molecule has 0 N–H and O–H groups in total. The highest BCUT2D eigenvalue weighted by Gasteiger charge is 2.19. The molecule has 0 aliphatic rings. The molecule has 0 radical (unpaired) electrons. The minimum Gasteiger partial charge on any atom is -0.462 e. The summed E-state index contributed by atoms with van der Waals surface area (Å²) in [6.07, 6.45) is 69.6. The molecular weight excluding hydrogens is 841 g/mol. The molecule has 6 nitrogen and oxygen atoms in total. The Morgan fingerprint density at radius 2 is 0.529 bits per heavy atom. The van der Waals surface area contributed by atoms with Gasteiger partial charge in [-0.15, -0.1) is 0 Å². The van der Waals surface area contributed by atoms with E-state index in [0.717, 1.165) is 83.5 Å². The lowest BCUT2D eigenvalue weighted by molar-refractivity contribution is -0.167. The first-order chi connectivity index (χ1) is 33.5. The summed E-state index contributed by atoms with van der Waals surface area (Å²) in [7, 11) is 0. The van der Waals surface area contributed by atoms with Crippen molar-refractivity contribution in [3.05, 3.63) is 48.6 Å². The fourth-order valence-electron chi connectivity index (χ4n) is 8.52. The molecule has 68 heavy (non-hydrogen) atoms. The van der Waals surface area contributed by atoms with E-state index in [4.69, 9.17) is 14.2 Å². The molecule has 0 fully saturated rings. The maximum absolute atomic E-state index is 12.8. The van der Waals surface area contributed by atoms with Crippen LogP contribution in [0.4, 0.5) is 0 Å². The van der Waals surface area contributed by atoms with Crippen LogP contribution in [0.2, 0.25) is 0 Å². The van der Waals surface area contributed by atoms with E-state index in [1.54, 1.807) is 0 Å². The van der Waals surface area contributed by atoms with E-state index >= 15 is 0 Å². The number of carbonyl (C=O) groups excluding carboxylic acids is 3. The maximum atomic E-state index is 12.8. The van der Waals surface area contributed by atoms with Crippen LogP contribution < -0.4 is 0 Å². The number of ether oxygens (including phenoxy) is 3. The second-order valence-electron chi connectivity index (χ2n) is 19.9. The van der Waals surface area contributed by atoms with Crippen molar-refractivity contribution in [1.82, 2.24) is 0 Å². The first kappa shape index (κ1) is 65.4. The first-order valence-corrected chi connectivity index (χ1v) is 29.6. The van der Waals surface area contributed by atoms with Gasteiger partial charge < -0.3 is 14.2 Å². The Bertz CT molecular complexity index is 1190. The Morgan fingerprint density at radius 1 is 0.294 bits per heavy atom. The molecule has 0 spiro atoms. The number of rotatable bonds is 54. The van der Waals surface area contributed by atoms with E-state index in [-0.39, 0.29) is 31.1 Å². The molecule has 0 bridgehead atoms. The van der Waals surface area contributed by atoms with Crippen molar-refractivity contribution in [2.45, 2.75) is 316 Å². The van der Waals surface area contributed by atoms with Gasteiger partial charge in [-0.3, -0.25) is 14.4 Å². The van der Waals surface area contributed by atoms with E-state index in [1.165, 1.54) is 186 Å². The third-order valence-corrected chi connectivity index (χ3v) is 13.0. The SMILES string of the molecule is CCCCCCC/C=C\C/C=C\CCCCCCCCCCCC(=O)OCC(COC(=O)CCCCCCC/C=C\CCCCCCC)OC(=O)CCCCCCC/C=C\CCCCCCCC. The fraction of sp³-hybridized carbons (Fsp3) is 0.823. The van der Waals surface area contributed by atoms with Crippen molar-refractivity contribution in [2.24, 2.45) is 0 Å². The predicted molar refractivity (Wildman–Crippen MR) is 293 cm³/mol. The van der Waals surface area contributed by atoms with Gasteiger partial charge in [0.15, 0.2) is 6.10 Å². The van der Waals surface area contributed by atoms with Crippen LogP contribution in [-0.2, 0) is 28.6 Å². The quantitative estimate of drug-likeness (QED) is 0.0262. The summed E-state index contributed by atoms with van der Waals surface area (Å²) < 4.78 is 16.9. The molecule has 0 saturated carbocycles. The van der Waals surface area contributed by atoms with E-state index < -0.39 is 6.10 Å². The zero-order valence-corrected chi connectivity index (χ0v) is 45.4. The van der Waals surface area contributed by atoms with Gasteiger partial charge in [0.2, 0.25) is 0 Å². The van der Waals surface area contributed by atoms with Gasteiger partial charge in [-0.1, -0.05) is 236 Å². The third kappa shape index (κ3) is 54.3. The molecule has 0 rings (SSSR count). The minimum absolute atomic E-state index is 0.0797. The molecule has 0 aliphatic carbocycles. The Labute approximate surface area is 422 Å². The van der Waals surface area contributed by atoms with E-state index in [9.17, 15) is 14.4 Å². The van der Waals surface area contributed by atoms with Crippen molar-refractivity contribution in [1.29, 1.82) is 0 Å². The summed E-state index contributed by atoms with van der Waals surface area (Å²) in [6, 6.07) is 0. The van der Waals surface area contributed by atoms with E-state index in [0.29, 0.717) is 19.3 Å². The highest BCUT2D eigenvalue weighted by molar-refractivity contribution is 5.71. The third-order valence-electron chi connectivity index (χ3n) is 13.0. The van der Waals surface area contributed by atoms with Crippen LogP contribution in [0.5, 0.6) is 0 Å². The molecular formula is C62H112O6. The number of hydrogen-bond donors (Lipinski definition) is 0. The summed E-state index contributed by atoms with van der Waals surface area (Å²) in [4.78, 5) is 38.2. The number of unbranched alkanes of at least 4 members (excludes halogenated alkanes) is 35. The molecule has 1 unspecified atom stereocenters. The first-order valence-electron chi connectivity index (χ1n) is 29.6. The summed E-state index contributed by atoms with van der Waals surface area (Å²) in [6.45, 7) is 6.63. The Morgan fingerprint density at radius 3 is 0.824 bits per heavy atom. The topological polar surface area (TPSA) is 78.9 Å². The summed E-state index contributed by atoms with van der Waals surface area (Å²) in [5.41, 5.74) is 0. The highest BCUT2D eigenvalue weighted by Crippen LogP contribution is 2.15. The second kappa shape index (κ2) is 57.0. The van der Waals surface area contributed by atoms with Crippen molar-refractivity contribution in [3.8, 4) is 0 Å². The zero-order valence-electron chi connectivity index (χ0n) is 45.4. The van der Waals surface area contributed by atoms with Crippen LogP contribution in [0.3, 0.4) is 0 Å². The van der Waals surface area contributed by atoms with Crippen molar-refractivity contribution in [2.75, 3.05) is 13.2 Å². The van der Waals surface area contributed by atoms with Crippen molar-refractivity contribution < 1.29 is 28.6 Å². The summed E-state index contributed by atoms with van der Waals surface area (Å²) >= 11 is 0. The lowest BCUT2D eigenvalue weighted by Crippen LogP contribution is -2.30. The van der Waals surface area contributed by atoms with Crippen molar-refractivity contribution in [3.63, 3.8) is 0 Å². The second-order valence-corrected chi connectivity index (χ2v) is 19.9. The van der Waals surface area contributed by atoms with Gasteiger partial charge in [-0.2, -0.15) is 0 Å². The summed E-state index contributed by atoms with van der Waals surface area (Å²) in [5.74, 6) is -0.887. The zero-order chi connectivity index (χ0) is 49.3. The highest BCUT2D eigenvalue weighted by atomic mass is 16.6. The largest absolute Gasteiger partial charge is 0.462 e. The Kier molecular flexibility index (Phi) is 54.8. The van der Waals surface area contributed by atoms with Gasteiger partial charge in [0, 0.05) is 19.3 Å². The van der Waals surface area contributed by atoms with Gasteiger partial charge in [0.05, 0.1) is 0 Å². The molecule has 0 aromatic carbocycles. The minimum atomic E-state index is -0.782. The molecule has 0 heterocycles. The molecule has 6 heteroatoms. The van der Waals surface area contributed by atoms with Crippen LogP contribution in [0.15, 0.2) is 48.6 Å². The fourth-order valence-corrected chi connectivity index (χ4v) is 8.52. The van der Waals surface area contributed by atoms with Gasteiger partial charge in [0.1, 0.15) is 13.2 Å². The van der Waals surface area contributed by atoms with Gasteiger partial charge in [-0.05, 0) is 103 Å². The smallest absolute Gasteiger partial charge is 0.306 e. The Balaban J connectivity index is 4.35. The van der Waals surface area contributed by atoms with Crippen molar-refractivity contribution >= 4 is 17.9 Å². The number of carbonyl (C=O) groups is 3. The monoisotopic (exact) mass is 953 g/mol. The van der Waals surface area contributed by atoms with Crippen LogP contribution in [-0.4, -0.2) is 37.2 Å². The molecule has 396 valence electrons. The average molecular weight is 954 g/mol. The number of allylic oxidation sites excluding steroid dienone is 8. The molecule has 0 aromatic rings.